The number of piperazine rings is 1. The number of anilines is 1. The van der Waals surface area contributed by atoms with E-state index in [1.807, 2.05) is 17.0 Å². The summed E-state index contributed by atoms with van der Waals surface area (Å²) in [4.78, 5) is 16.1. The molecule has 5 heteroatoms. The Hall–Kier alpha value is -2.01. The molecule has 1 amide bonds. The van der Waals surface area contributed by atoms with Gasteiger partial charge in [0.25, 0.3) is 5.91 Å². The lowest BCUT2D eigenvalue weighted by atomic mass is 10.2. The SMILES string of the molecule is C=CCOC(C)C(=O)N1CCN(c2ccccc2O)CC1. The summed E-state index contributed by atoms with van der Waals surface area (Å²) in [6.07, 6.45) is 1.19. The van der Waals surface area contributed by atoms with Crippen LogP contribution in [0.5, 0.6) is 5.75 Å². The average molecular weight is 290 g/mol. The highest BCUT2D eigenvalue weighted by molar-refractivity contribution is 5.81. The number of para-hydroxylation sites is 2. The molecule has 1 aliphatic rings. The molecule has 0 aromatic heterocycles. The van der Waals surface area contributed by atoms with E-state index >= 15 is 0 Å². The van der Waals surface area contributed by atoms with Gasteiger partial charge in [-0.3, -0.25) is 4.79 Å². The van der Waals surface area contributed by atoms with Gasteiger partial charge in [0, 0.05) is 26.2 Å². The Morgan fingerprint density at radius 2 is 2.05 bits per heavy atom. The minimum absolute atomic E-state index is 0.00813. The number of phenolic OH excluding ortho intramolecular Hbond substituents is 1. The van der Waals surface area contributed by atoms with E-state index in [1.165, 1.54) is 0 Å². The van der Waals surface area contributed by atoms with Gasteiger partial charge in [-0.1, -0.05) is 18.2 Å². The zero-order valence-corrected chi connectivity index (χ0v) is 12.4. The van der Waals surface area contributed by atoms with Crippen LogP contribution in [0.3, 0.4) is 0 Å². The van der Waals surface area contributed by atoms with Crippen molar-refractivity contribution in [3.05, 3.63) is 36.9 Å². The normalized spacial score (nSPS) is 16.6. The van der Waals surface area contributed by atoms with Crippen molar-refractivity contribution >= 4 is 11.6 Å². The second kappa shape index (κ2) is 7.13. The van der Waals surface area contributed by atoms with Crippen LogP contribution in [0.25, 0.3) is 0 Å². The molecular weight excluding hydrogens is 268 g/mol. The zero-order valence-electron chi connectivity index (χ0n) is 12.4. The largest absolute Gasteiger partial charge is 0.506 e. The van der Waals surface area contributed by atoms with E-state index in [9.17, 15) is 9.90 Å². The van der Waals surface area contributed by atoms with Crippen LogP contribution >= 0.6 is 0 Å². The number of nitrogens with zero attached hydrogens (tertiary/aromatic N) is 2. The van der Waals surface area contributed by atoms with Crippen LogP contribution < -0.4 is 4.90 Å². The van der Waals surface area contributed by atoms with E-state index in [4.69, 9.17) is 4.74 Å². The fraction of sp³-hybridized carbons (Fsp3) is 0.438. The van der Waals surface area contributed by atoms with E-state index in [1.54, 1.807) is 25.1 Å². The molecule has 114 valence electrons. The van der Waals surface area contributed by atoms with Gasteiger partial charge in [0.1, 0.15) is 11.9 Å². The van der Waals surface area contributed by atoms with Crippen LogP contribution in [0, 0.1) is 0 Å². The van der Waals surface area contributed by atoms with Crippen molar-refractivity contribution in [3.63, 3.8) is 0 Å². The first-order valence-corrected chi connectivity index (χ1v) is 7.17. The number of ether oxygens (including phenoxy) is 1. The van der Waals surface area contributed by atoms with Crippen molar-refractivity contribution in [1.82, 2.24) is 4.90 Å². The highest BCUT2D eigenvalue weighted by atomic mass is 16.5. The number of phenols is 1. The van der Waals surface area contributed by atoms with Gasteiger partial charge in [-0.25, -0.2) is 0 Å². The van der Waals surface area contributed by atoms with Gasteiger partial charge in [-0.2, -0.15) is 0 Å². The Kier molecular flexibility index (Phi) is 5.22. The molecule has 1 heterocycles. The lowest BCUT2D eigenvalue weighted by Crippen LogP contribution is -2.51. The number of aromatic hydroxyl groups is 1. The summed E-state index contributed by atoms with van der Waals surface area (Å²) in [7, 11) is 0. The molecule has 0 radical (unpaired) electrons. The molecule has 1 N–H and O–H groups in total. The van der Waals surface area contributed by atoms with Gasteiger partial charge < -0.3 is 19.6 Å². The first-order chi connectivity index (χ1) is 10.1. The van der Waals surface area contributed by atoms with E-state index in [0.29, 0.717) is 32.8 Å². The number of benzene rings is 1. The standard InChI is InChI=1S/C16H22N2O3/c1-3-12-21-13(2)16(20)18-10-8-17(9-11-18)14-6-4-5-7-15(14)19/h3-7,13,19H,1,8-12H2,2H3. The molecule has 5 nitrogen and oxygen atoms in total. The molecule has 1 unspecified atom stereocenters. The van der Waals surface area contributed by atoms with Crippen molar-refractivity contribution in [2.75, 3.05) is 37.7 Å². The number of hydrogen-bond donors (Lipinski definition) is 1. The third kappa shape index (κ3) is 3.76. The van der Waals surface area contributed by atoms with E-state index < -0.39 is 6.10 Å². The van der Waals surface area contributed by atoms with Gasteiger partial charge in [0.05, 0.1) is 12.3 Å². The molecule has 1 saturated heterocycles. The molecule has 0 aliphatic carbocycles. The van der Waals surface area contributed by atoms with Gasteiger partial charge >= 0.3 is 0 Å². The molecule has 1 aromatic carbocycles. The minimum Gasteiger partial charge on any atom is -0.506 e. The Morgan fingerprint density at radius 3 is 2.67 bits per heavy atom. The van der Waals surface area contributed by atoms with Gasteiger partial charge in [-0.05, 0) is 19.1 Å². The maximum atomic E-state index is 12.2. The monoisotopic (exact) mass is 290 g/mol. The average Bonchev–Trinajstić information content (AvgIpc) is 2.52. The second-order valence-electron chi connectivity index (χ2n) is 5.07. The molecule has 1 aliphatic heterocycles. The summed E-state index contributed by atoms with van der Waals surface area (Å²) in [5.74, 6) is 0.286. The van der Waals surface area contributed by atoms with E-state index in [2.05, 4.69) is 11.5 Å². The van der Waals surface area contributed by atoms with Crippen LogP contribution in [0.4, 0.5) is 5.69 Å². The van der Waals surface area contributed by atoms with Crippen molar-refractivity contribution in [2.24, 2.45) is 0 Å². The Bertz CT molecular complexity index is 496. The van der Waals surface area contributed by atoms with Crippen LogP contribution in [0.2, 0.25) is 0 Å². The molecule has 1 atom stereocenters. The summed E-state index contributed by atoms with van der Waals surface area (Å²) < 4.78 is 5.37. The van der Waals surface area contributed by atoms with Gasteiger partial charge in [0.2, 0.25) is 0 Å². The maximum Gasteiger partial charge on any atom is 0.251 e. The summed E-state index contributed by atoms with van der Waals surface area (Å²) in [5.41, 5.74) is 0.820. The number of amides is 1. The topological polar surface area (TPSA) is 53.0 Å². The second-order valence-corrected chi connectivity index (χ2v) is 5.07. The maximum absolute atomic E-state index is 12.2. The molecule has 2 rings (SSSR count). The van der Waals surface area contributed by atoms with Crippen molar-refractivity contribution in [2.45, 2.75) is 13.0 Å². The van der Waals surface area contributed by atoms with Crippen LogP contribution in [0.1, 0.15) is 6.92 Å². The number of rotatable bonds is 5. The van der Waals surface area contributed by atoms with Crippen molar-refractivity contribution in [1.29, 1.82) is 0 Å². The molecule has 0 bridgehead atoms. The molecule has 21 heavy (non-hydrogen) atoms. The lowest BCUT2D eigenvalue weighted by Gasteiger charge is -2.37. The first-order valence-electron chi connectivity index (χ1n) is 7.17. The third-order valence-electron chi connectivity index (χ3n) is 3.63. The van der Waals surface area contributed by atoms with Gasteiger partial charge in [0.15, 0.2) is 0 Å². The Morgan fingerprint density at radius 1 is 1.38 bits per heavy atom. The smallest absolute Gasteiger partial charge is 0.251 e. The summed E-state index contributed by atoms with van der Waals surface area (Å²) >= 11 is 0. The molecule has 0 spiro atoms. The predicted molar refractivity (Wildman–Crippen MR) is 82.5 cm³/mol. The number of hydrogen-bond acceptors (Lipinski definition) is 4. The summed E-state index contributed by atoms with van der Waals surface area (Å²) in [6, 6.07) is 7.27. The lowest BCUT2D eigenvalue weighted by molar-refractivity contribution is -0.142. The third-order valence-corrected chi connectivity index (χ3v) is 3.63. The molecular formula is C16H22N2O3. The summed E-state index contributed by atoms with van der Waals surface area (Å²) in [5, 5.41) is 9.87. The quantitative estimate of drug-likeness (QED) is 0.838. The van der Waals surface area contributed by atoms with Crippen molar-refractivity contribution in [3.8, 4) is 5.75 Å². The van der Waals surface area contributed by atoms with E-state index in [-0.39, 0.29) is 11.7 Å². The fourth-order valence-corrected chi connectivity index (χ4v) is 2.44. The van der Waals surface area contributed by atoms with Crippen LogP contribution in [-0.2, 0) is 9.53 Å². The first kappa shape index (κ1) is 15.4. The summed E-state index contributed by atoms with van der Waals surface area (Å²) in [6.45, 7) is 8.40. The number of carbonyl (C=O) groups excluding carboxylic acids is 1. The van der Waals surface area contributed by atoms with Crippen molar-refractivity contribution < 1.29 is 14.6 Å². The Labute approximate surface area is 125 Å². The van der Waals surface area contributed by atoms with Gasteiger partial charge in [-0.15, -0.1) is 6.58 Å². The zero-order chi connectivity index (χ0) is 15.2. The molecule has 1 aromatic rings. The molecule has 1 fully saturated rings. The number of carbonyl (C=O) groups is 1. The fourth-order valence-electron chi connectivity index (χ4n) is 2.44. The minimum atomic E-state index is -0.445. The van der Waals surface area contributed by atoms with Crippen LogP contribution in [0.15, 0.2) is 36.9 Å². The molecule has 0 saturated carbocycles. The predicted octanol–water partition coefficient (Wildman–Crippen LogP) is 1.63. The Balaban J connectivity index is 1.90. The highest BCUT2D eigenvalue weighted by Gasteiger charge is 2.25. The highest BCUT2D eigenvalue weighted by Crippen LogP contribution is 2.27. The van der Waals surface area contributed by atoms with E-state index in [0.717, 1.165) is 5.69 Å². The van der Waals surface area contributed by atoms with Crippen LogP contribution in [-0.4, -0.2) is 54.8 Å².